The Morgan fingerprint density at radius 2 is 1.94 bits per heavy atom. The van der Waals surface area contributed by atoms with Gasteiger partial charge in [-0.2, -0.15) is 0 Å². The second kappa shape index (κ2) is 6.72. The minimum Gasteiger partial charge on any atom is -0.494 e. The number of hydrogen-bond donors (Lipinski definition) is 2. The van der Waals surface area contributed by atoms with E-state index in [0.29, 0.717) is 18.8 Å². The summed E-state index contributed by atoms with van der Waals surface area (Å²) in [7, 11) is -3.53. The first-order valence-corrected chi connectivity index (χ1v) is 7.34. The third kappa shape index (κ3) is 4.29. The highest BCUT2D eigenvalue weighted by Crippen LogP contribution is 2.16. The molecule has 0 fully saturated rings. The molecular formula is C12H19NO4S. The quantitative estimate of drug-likeness (QED) is 0.781. The number of nitrogens with one attached hydrogen (secondary N) is 1. The first-order chi connectivity index (χ1) is 8.49. The Balaban J connectivity index is 2.78. The molecule has 0 heterocycles. The van der Waals surface area contributed by atoms with Gasteiger partial charge in [0.05, 0.1) is 11.5 Å². The second-order valence-corrected chi connectivity index (χ2v) is 5.65. The fraction of sp³-hybridized carbons (Fsp3) is 0.500. The van der Waals surface area contributed by atoms with E-state index in [1.807, 2.05) is 6.92 Å². The number of aliphatic hydroxyl groups is 1. The molecule has 102 valence electrons. The lowest BCUT2D eigenvalue weighted by atomic mass is 10.3. The van der Waals surface area contributed by atoms with Crippen molar-refractivity contribution in [3.8, 4) is 5.75 Å². The van der Waals surface area contributed by atoms with E-state index in [4.69, 9.17) is 9.84 Å². The number of benzene rings is 1. The monoisotopic (exact) mass is 273 g/mol. The van der Waals surface area contributed by atoms with Gasteiger partial charge in [-0.1, -0.05) is 0 Å². The maximum absolute atomic E-state index is 12.0. The number of rotatable bonds is 7. The van der Waals surface area contributed by atoms with E-state index in [2.05, 4.69) is 4.72 Å². The fourth-order valence-corrected chi connectivity index (χ4v) is 2.75. The Hall–Kier alpha value is -1.11. The fourth-order valence-electron chi connectivity index (χ4n) is 1.47. The first kappa shape index (κ1) is 14.9. The molecule has 1 aromatic rings. The van der Waals surface area contributed by atoms with Crippen LogP contribution >= 0.6 is 0 Å². The molecule has 1 aromatic carbocycles. The van der Waals surface area contributed by atoms with Crippen LogP contribution in [0.15, 0.2) is 29.2 Å². The smallest absolute Gasteiger partial charge is 0.240 e. The van der Waals surface area contributed by atoms with Crippen LogP contribution in [0.1, 0.15) is 20.3 Å². The SMILES string of the molecule is CCOc1ccc(S(=O)(=O)NC(C)CCO)cc1. The number of hydrogen-bond acceptors (Lipinski definition) is 4. The van der Waals surface area contributed by atoms with E-state index < -0.39 is 10.0 Å². The van der Waals surface area contributed by atoms with E-state index in [9.17, 15) is 8.42 Å². The van der Waals surface area contributed by atoms with Crippen LogP contribution in [-0.4, -0.2) is 32.8 Å². The van der Waals surface area contributed by atoms with E-state index in [0.717, 1.165) is 0 Å². The highest BCUT2D eigenvalue weighted by molar-refractivity contribution is 7.89. The van der Waals surface area contributed by atoms with Crippen molar-refractivity contribution in [2.75, 3.05) is 13.2 Å². The second-order valence-electron chi connectivity index (χ2n) is 3.94. The Kier molecular flexibility index (Phi) is 5.58. The molecule has 0 saturated heterocycles. The van der Waals surface area contributed by atoms with Crippen LogP contribution in [0.4, 0.5) is 0 Å². The van der Waals surface area contributed by atoms with Crippen LogP contribution in [0.3, 0.4) is 0 Å². The highest BCUT2D eigenvalue weighted by Gasteiger charge is 2.16. The predicted molar refractivity (Wildman–Crippen MR) is 69.1 cm³/mol. The van der Waals surface area contributed by atoms with Crippen molar-refractivity contribution in [1.29, 1.82) is 0 Å². The molecule has 2 N–H and O–H groups in total. The van der Waals surface area contributed by atoms with Gasteiger partial charge in [-0.3, -0.25) is 0 Å². The average Bonchev–Trinajstić information content (AvgIpc) is 2.29. The zero-order chi connectivity index (χ0) is 13.6. The molecule has 6 heteroatoms. The first-order valence-electron chi connectivity index (χ1n) is 5.85. The lowest BCUT2D eigenvalue weighted by Crippen LogP contribution is -2.33. The van der Waals surface area contributed by atoms with Gasteiger partial charge < -0.3 is 9.84 Å². The third-order valence-corrected chi connectivity index (χ3v) is 3.97. The van der Waals surface area contributed by atoms with Crippen LogP contribution in [-0.2, 0) is 10.0 Å². The lowest BCUT2D eigenvalue weighted by Gasteiger charge is -2.13. The molecule has 0 aromatic heterocycles. The summed E-state index contributed by atoms with van der Waals surface area (Å²) in [4.78, 5) is 0.191. The van der Waals surface area contributed by atoms with Gasteiger partial charge in [0.1, 0.15) is 5.75 Å². The molecule has 0 aliphatic rings. The summed E-state index contributed by atoms with van der Waals surface area (Å²) in [5, 5.41) is 8.75. The van der Waals surface area contributed by atoms with Gasteiger partial charge in [-0.25, -0.2) is 13.1 Å². The van der Waals surface area contributed by atoms with E-state index in [1.165, 1.54) is 12.1 Å². The number of sulfonamides is 1. The molecule has 0 bridgehead atoms. The van der Waals surface area contributed by atoms with Gasteiger partial charge in [0.2, 0.25) is 10.0 Å². The largest absolute Gasteiger partial charge is 0.494 e. The van der Waals surface area contributed by atoms with E-state index in [1.54, 1.807) is 19.1 Å². The molecule has 1 rings (SSSR count). The molecule has 1 atom stereocenters. The molecular weight excluding hydrogens is 254 g/mol. The summed E-state index contributed by atoms with van der Waals surface area (Å²) < 4.78 is 31.6. The van der Waals surface area contributed by atoms with Gasteiger partial charge in [-0.05, 0) is 44.5 Å². The molecule has 0 amide bonds. The summed E-state index contributed by atoms with van der Waals surface area (Å²) >= 11 is 0. The van der Waals surface area contributed by atoms with Crippen LogP contribution in [0.5, 0.6) is 5.75 Å². The van der Waals surface area contributed by atoms with Crippen molar-refractivity contribution >= 4 is 10.0 Å². The molecule has 0 radical (unpaired) electrons. The normalized spacial score (nSPS) is 13.3. The van der Waals surface area contributed by atoms with Gasteiger partial charge >= 0.3 is 0 Å². The van der Waals surface area contributed by atoms with Crippen molar-refractivity contribution in [3.05, 3.63) is 24.3 Å². The summed E-state index contributed by atoms with van der Waals surface area (Å²) in [6.45, 7) is 4.07. The topological polar surface area (TPSA) is 75.6 Å². The molecule has 0 saturated carbocycles. The highest BCUT2D eigenvalue weighted by atomic mass is 32.2. The van der Waals surface area contributed by atoms with Crippen molar-refractivity contribution in [2.24, 2.45) is 0 Å². The molecule has 0 aliphatic heterocycles. The standard InChI is InChI=1S/C12H19NO4S/c1-3-17-11-4-6-12(7-5-11)18(15,16)13-10(2)8-9-14/h4-7,10,13-14H,3,8-9H2,1-2H3. The molecule has 0 aliphatic carbocycles. The van der Waals surface area contributed by atoms with Crippen LogP contribution < -0.4 is 9.46 Å². The summed E-state index contributed by atoms with van der Waals surface area (Å²) in [6, 6.07) is 5.94. The van der Waals surface area contributed by atoms with Gasteiger partial charge in [0, 0.05) is 12.6 Å². The average molecular weight is 273 g/mol. The van der Waals surface area contributed by atoms with Gasteiger partial charge in [0.25, 0.3) is 0 Å². The Bertz CT molecular complexity index is 455. The maximum Gasteiger partial charge on any atom is 0.240 e. The summed E-state index contributed by atoms with van der Waals surface area (Å²) in [6.07, 6.45) is 0.385. The van der Waals surface area contributed by atoms with Crippen molar-refractivity contribution in [1.82, 2.24) is 4.72 Å². The Morgan fingerprint density at radius 1 is 1.33 bits per heavy atom. The number of aliphatic hydroxyl groups excluding tert-OH is 1. The molecule has 5 nitrogen and oxygen atoms in total. The number of ether oxygens (including phenoxy) is 1. The lowest BCUT2D eigenvalue weighted by molar-refractivity contribution is 0.275. The van der Waals surface area contributed by atoms with Gasteiger partial charge in [0.15, 0.2) is 0 Å². The van der Waals surface area contributed by atoms with Crippen LogP contribution in [0.2, 0.25) is 0 Å². The maximum atomic E-state index is 12.0. The molecule has 1 unspecified atom stereocenters. The Labute approximate surface area is 108 Å². The minimum absolute atomic E-state index is 0.0486. The van der Waals surface area contributed by atoms with Crippen LogP contribution in [0.25, 0.3) is 0 Å². The third-order valence-electron chi connectivity index (χ3n) is 2.36. The van der Waals surface area contributed by atoms with E-state index >= 15 is 0 Å². The zero-order valence-electron chi connectivity index (χ0n) is 10.6. The van der Waals surface area contributed by atoms with Crippen molar-refractivity contribution in [3.63, 3.8) is 0 Å². The predicted octanol–water partition coefficient (Wildman–Crippen LogP) is 1.13. The van der Waals surface area contributed by atoms with Crippen molar-refractivity contribution < 1.29 is 18.3 Å². The minimum atomic E-state index is -3.53. The molecule has 0 spiro atoms. The zero-order valence-corrected chi connectivity index (χ0v) is 11.4. The van der Waals surface area contributed by atoms with E-state index in [-0.39, 0.29) is 17.5 Å². The summed E-state index contributed by atoms with van der Waals surface area (Å²) in [5.41, 5.74) is 0. The molecule has 18 heavy (non-hydrogen) atoms. The van der Waals surface area contributed by atoms with Crippen LogP contribution in [0, 0.1) is 0 Å². The summed E-state index contributed by atoms with van der Waals surface area (Å²) in [5.74, 6) is 0.639. The Morgan fingerprint density at radius 3 is 2.44 bits per heavy atom. The van der Waals surface area contributed by atoms with Gasteiger partial charge in [-0.15, -0.1) is 0 Å². The van der Waals surface area contributed by atoms with Crippen molar-refractivity contribution in [2.45, 2.75) is 31.2 Å².